The summed E-state index contributed by atoms with van der Waals surface area (Å²) in [5.74, 6) is 0.0590. The van der Waals surface area contributed by atoms with Crippen molar-refractivity contribution in [3.8, 4) is 0 Å². The Labute approximate surface area is 156 Å². The molecule has 0 spiro atoms. The Bertz CT molecular complexity index is 628. The minimum atomic E-state index is -0.181. The molecule has 0 saturated carbocycles. The number of rotatable bonds is 8. The topological polar surface area (TPSA) is 65.9 Å². The van der Waals surface area contributed by atoms with Crippen molar-refractivity contribution in [2.45, 2.75) is 46.6 Å². The highest BCUT2D eigenvalue weighted by molar-refractivity contribution is 5.96. The molecule has 6 nitrogen and oxygen atoms in total. The average Bonchev–Trinajstić information content (AvgIpc) is 2.97. The van der Waals surface area contributed by atoms with Crippen LogP contribution in [0.1, 0.15) is 37.8 Å². The molecule has 0 radical (unpaired) electrons. The molecule has 3 N–H and O–H groups in total. The Hall–Kier alpha value is -2.08. The maximum atomic E-state index is 12.3. The second-order valence-electron chi connectivity index (χ2n) is 7.13. The highest BCUT2D eigenvalue weighted by Gasteiger charge is 2.31. The van der Waals surface area contributed by atoms with Crippen LogP contribution in [0.2, 0.25) is 0 Å². The van der Waals surface area contributed by atoms with Gasteiger partial charge in [-0.3, -0.25) is 4.79 Å². The van der Waals surface area contributed by atoms with Crippen LogP contribution in [0.15, 0.2) is 18.2 Å². The molecule has 0 aliphatic carbocycles. The molecule has 0 unspecified atom stereocenters. The van der Waals surface area contributed by atoms with E-state index < -0.39 is 0 Å². The van der Waals surface area contributed by atoms with E-state index in [1.54, 1.807) is 4.90 Å². The Kier molecular flexibility index (Phi) is 7.45. The van der Waals surface area contributed by atoms with E-state index in [0.717, 1.165) is 31.7 Å². The lowest BCUT2D eigenvalue weighted by atomic mass is 10.1. The molecule has 1 aliphatic rings. The number of carbonyl (C=O) groups excluding carboxylic acids is 2. The zero-order chi connectivity index (χ0) is 19.1. The Morgan fingerprint density at radius 3 is 2.62 bits per heavy atom. The number of nitrogens with one attached hydrogen (secondary N) is 3. The van der Waals surface area contributed by atoms with Gasteiger partial charge in [0.05, 0.1) is 25.7 Å². The van der Waals surface area contributed by atoms with Crippen LogP contribution in [0.25, 0.3) is 0 Å². The Balaban J connectivity index is 1.77. The molecule has 144 valence electrons. The summed E-state index contributed by atoms with van der Waals surface area (Å²) in [5.41, 5.74) is 3.28. The minimum absolute atomic E-state index is 0.0590. The second kappa shape index (κ2) is 9.57. The summed E-state index contributed by atoms with van der Waals surface area (Å²) < 4.78 is 0. The largest absolute Gasteiger partial charge is 0.338 e. The summed E-state index contributed by atoms with van der Waals surface area (Å²) in [7, 11) is 0. The zero-order valence-corrected chi connectivity index (χ0v) is 16.5. The summed E-state index contributed by atoms with van der Waals surface area (Å²) in [4.78, 5) is 27.7. The molecule has 6 heteroatoms. The molecule has 1 saturated heterocycles. The summed E-state index contributed by atoms with van der Waals surface area (Å²) in [6.07, 6.45) is 1.31. The molecule has 1 atom stereocenters. The number of hydrogen-bond donors (Lipinski definition) is 3. The average molecular weight is 362 g/mol. The number of amides is 3. The number of nitrogens with zero attached hydrogens (tertiary/aromatic N) is 1. The number of aryl methyl sites for hydroxylation is 2. The number of hydrogen-bond acceptors (Lipinski definition) is 2. The lowest BCUT2D eigenvalue weighted by molar-refractivity contribution is -0.896. The normalized spacial score (nSPS) is 17.0. The van der Waals surface area contributed by atoms with Crippen LogP contribution in [0, 0.1) is 13.8 Å². The fourth-order valence-electron chi connectivity index (χ4n) is 3.33. The molecule has 0 aromatic heterocycles. The first kappa shape index (κ1) is 20.2. The summed E-state index contributed by atoms with van der Waals surface area (Å²) in [6.45, 7) is 12.9. The maximum Gasteiger partial charge on any atom is 0.315 e. The summed E-state index contributed by atoms with van der Waals surface area (Å²) in [5, 5.41) is 5.84. The van der Waals surface area contributed by atoms with Gasteiger partial charge < -0.3 is 20.4 Å². The van der Waals surface area contributed by atoms with Gasteiger partial charge >= 0.3 is 6.03 Å². The molecule has 26 heavy (non-hydrogen) atoms. The summed E-state index contributed by atoms with van der Waals surface area (Å²) in [6, 6.07) is 5.71. The molecule has 0 bridgehead atoms. The van der Waals surface area contributed by atoms with Crippen LogP contribution in [0.3, 0.4) is 0 Å². The lowest BCUT2D eigenvalue weighted by Crippen LogP contribution is -3.11. The van der Waals surface area contributed by atoms with Crippen molar-refractivity contribution in [3.63, 3.8) is 0 Å². The molecule has 1 aliphatic heterocycles. The lowest BCUT2D eigenvalue weighted by Gasteiger charge is -2.19. The first-order chi connectivity index (χ1) is 12.4. The van der Waals surface area contributed by atoms with Crippen molar-refractivity contribution in [3.05, 3.63) is 29.3 Å². The Morgan fingerprint density at radius 1 is 1.23 bits per heavy atom. The van der Waals surface area contributed by atoms with E-state index in [1.165, 1.54) is 16.0 Å². The second-order valence-corrected chi connectivity index (χ2v) is 7.13. The quantitative estimate of drug-likeness (QED) is 0.606. The van der Waals surface area contributed by atoms with Crippen molar-refractivity contribution in [1.82, 2.24) is 10.6 Å². The van der Waals surface area contributed by atoms with E-state index in [1.807, 2.05) is 25.1 Å². The fourth-order valence-corrected chi connectivity index (χ4v) is 3.33. The highest BCUT2D eigenvalue weighted by atomic mass is 16.2. The third-order valence-electron chi connectivity index (χ3n) is 5.26. The first-order valence-electron chi connectivity index (χ1n) is 9.70. The van der Waals surface area contributed by atoms with Crippen LogP contribution >= 0.6 is 0 Å². The number of carbonyl (C=O) groups is 2. The van der Waals surface area contributed by atoms with Gasteiger partial charge in [0.15, 0.2) is 0 Å². The molecule has 2 rings (SSSR count). The van der Waals surface area contributed by atoms with Crippen molar-refractivity contribution >= 4 is 17.6 Å². The van der Waals surface area contributed by atoms with Crippen LogP contribution in [0.5, 0.6) is 0 Å². The monoisotopic (exact) mass is 361 g/mol. The van der Waals surface area contributed by atoms with E-state index in [-0.39, 0.29) is 18.0 Å². The predicted octanol–water partition coefficient (Wildman–Crippen LogP) is 1.02. The van der Waals surface area contributed by atoms with Crippen LogP contribution in [-0.2, 0) is 4.79 Å². The number of anilines is 1. The van der Waals surface area contributed by atoms with Gasteiger partial charge in [0.2, 0.25) is 5.91 Å². The van der Waals surface area contributed by atoms with E-state index in [4.69, 9.17) is 0 Å². The number of benzene rings is 1. The molecule has 1 aromatic carbocycles. The smallest absolute Gasteiger partial charge is 0.315 e. The van der Waals surface area contributed by atoms with Gasteiger partial charge in [-0.15, -0.1) is 0 Å². The maximum absolute atomic E-state index is 12.3. The van der Waals surface area contributed by atoms with Gasteiger partial charge in [-0.2, -0.15) is 0 Å². The Morgan fingerprint density at radius 2 is 1.96 bits per heavy atom. The number of quaternary nitrogens is 1. The SMILES string of the molecule is CC[NH+](CC)CCCNC(=O)N[C@@H]1CC(=O)N(c2ccc(C)c(C)c2)C1. The first-order valence-corrected chi connectivity index (χ1v) is 9.70. The van der Waals surface area contributed by atoms with Gasteiger partial charge in [0, 0.05) is 31.6 Å². The molecule has 1 heterocycles. The van der Waals surface area contributed by atoms with E-state index >= 15 is 0 Å². The van der Waals surface area contributed by atoms with Gasteiger partial charge in [0.1, 0.15) is 0 Å². The fraction of sp³-hybridized carbons (Fsp3) is 0.600. The molecular formula is C20H33N4O2+. The van der Waals surface area contributed by atoms with Crippen molar-refractivity contribution in [2.75, 3.05) is 37.6 Å². The molecule has 3 amide bonds. The van der Waals surface area contributed by atoms with E-state index in [9.17, 15) is 9.59 Å². The molecular weight excluding hydrogens is 328 g/mol. The third-order valence-corrected chi connectivity index (χ3v) is 5.26. The van der Waals surface area contributed by atoms with E-state index in [2.05, 4.69) is 31.4 Å². The van der Waals surface area contributed by atoms with Crippen LogP contribution < -0.4 is 20.4 Å². The van der Waals surface area contributed by atoms with Gasteiger partial charge in [-0.1, -0.05) is 6.07 Å². The summed E-state index contributed by atoms with van der Waals surface area (Å²) >= 11 is 0. The predicted molar refractivity (Wildman–Crippen MR) is 105 cm³/mol. The van der Waals surface area contributed by atoms with E-state index in [0.29, 0.717) is 19.5 Å². The van der Waals surface area contributed by atoms with Crippen LogP contribution in [-0.4, -0.2) is 50.7 Å². The van der Waals surface area contributed by atoms with Crippen molar-refractivity contribution < 1.29 is 14.5 Å². The van der Waals surface area contributed by atoms with Gasteiger partial charge in [-0.25, -0.2) is 4.79 Å². The van der Waals surface area contributed by atoms with Gasteiger partial charge in [0.25, 0.3) is 0 Å². The molecule has 1 fully saturated rings. The minimum Gasteiger partial charge on any atom is -0.338 e. The zero-order valence-electron chi connectivity index (χ0n) is 16.5. The van der Waals surface area contributed by atoms with Gasteiger partial charge in [-0.05, 0) is 51.0 Å². The van der Waals surface area contributed by atoms with Crippen LogP contribution in [0.4, 0.5) is 10.5 Å². The third kappa shape index (κ3) is 5.46. The standard InChI is InChI=1S/C20H32N4O2/c1-5-23(6-2)11-7-10-21-20(26)22-17-13-19(25)24(14-17)18-9-8-15(3)16(4)12-18/h8-9,12,17H,5-7,10-11,13-14H2,1-4H3,(H2,21,22,26)/p+1/t17-/m1/s1. The van der Waals surface area contributed by atoms with Crippen molar-refractivity contribution in [2.24, 2.45) is 0 Å². The molecule has 1 aromatic rings. The number of urea groups is 1. The van der Waals surface area contributed by atoms with Crippen molar-refractivity contribution in [1.29, 1.82) is 0 Å². The highest BCUT2D eigenvalue weighted by Crippen LogP contribution is 2.23.